The first-order valence-corrected chi connectivity index (χ1v) is 8.74. The Morgan fingerprint density at radius 3 is 2.69 bits per heavy atom. The Hall–Kier alpha value is -3.08. The fraction of sp³-hybridized carbons (Fsp3) is 0.238. The third-order valence-corrected chi connectivity index (χ3v) is 4.59. The number of nitrogens with zero attached hydrogens (tertiary/aromatic N) is 2. The quantitative estimate of drug-likeness (QED) is 0.588. The van der Waals surface area contributed by atoms with Crippen molar-refractivity contribution >= 4 is 0 Å². The summed E-state index contributed by atoms with van der Waals surface area (Å²) < 4.78 is 7.82. The summed E-state index contributed by atoms with van der Waals surface area (Å²) in [5.74, 6) is 1.42. The summed E-state index contributed by atoms with van der Waals surface area (Å²) in [6.07, 6.45) is 1.66. The van der Waals surface area contributed by atoms with Crippen LogP contribution in [0.1, 0.15) is 36.5 Å². The van der Waals surface area contributed by atoms with Gasteiger partial charge >= 0.3 is 0 Å². The van der Waals surface area contributed by atoms with Crippen LogP contribution in [0, 0.1) is 11.3 Å². The number of nitrogens with one attached hydrogen (secondary N) is 1. The second kappa shape index (κ2) is 6.33. The molecule has 0 saturated carbocycles. The zero-order valence-corrected chi connectivity index (χ0v) is 14.8. The molecule has 2 heterocycles. The predicted octanol–water partition coefficient (Wildman–Crippen LogP) is 4.01. The number of aromatic nitrogens is 2. The molecule has 0 aliphatic carbocycles. The second-order valence-electron chi connectivity index (χ2n) is 7.03. The Balaban J connectivity index is 1.96. The van der Waals surface area contributed by atoms with Crippen LogP contribution >= 0.6 is 0 Å². The van der Waals surface area contributed by atoms with Crippen molar-refractivity contribution in [2.45, 2.75) is 26.3 Å². The highest BCUT2D eigenvalue weighted by atomic mass is 16.5. The van der Waals surface area contributed by atoms with Crippen molar-refractivity contribution in [3.63, 3.8) is 0 Å². The van der Waals surface area contributed by atoms with Crippen LogP contribution in [0.2, 0.25) is 0 Å². The molecule has 0 saturated heterocycles. The van der Waals surface area contributed by atoms with E-state index in [-0.39, 0.29) is 11.7 Å². The maximum Gasteiger partial charge on any atom is 0.228 e. The van der Waals surface area contributed by atoms with E-state index in [2.05, 4.69) is 31.0 Å². The number of hydrogen-bond acceptors (Lipinski definition) is 4. The summed E-state index contributed by atoms with van der Waals surface area (Å²) >= 11 is 0. The molecule has 2 aromatic carbocycles. The van der Waals surface area contributed by atoms with E-state index in [1.165, 1.54) is 0 Å². The van der Waals surface area contributed by atoms with Gasteiger partial charge in [-0.3, -0.25) is 5.41 Å². The van der Waals surface area contributed by atoms with E-state index in [1.54, 1.807) is 18.5 Å². The topological polar surface area (TPSA) is 71.1 Å². The van der Waals surface area contributed by atoms with Crippen molar-refractivity contribution in [2.75, 3.05) is 0 Å². The van der Waals surface area contributed by atoms with Gasteiger partial charge < -0.3 is 14.4 Å². The molecule has 2 N–H and O–H groups in total. The van der Waals surface area contributed by atoms with Gasteiger partial charge in [0.25, 0.3) is 0 Å². The Kier molecular flexibility index (Phi) is 3.99. The number of fused-ring (bicyclic) bond motifs is 2. The summed E-state index contributed by atoms with van der Waals surface area (Å²) in [6.45, 7) is 4.97. The van der Waals surface area contributed by atoms with Crippen LogP contribution < -0.4 is 10.2 Å². The lowest BCUT2D eigenvalue weighted by atomic mass is 9.84. The molecule has 0 amide bonds. The van der Waals surface area contributed by atoms with Gasteiger partial charge in [-0.25, -0.2) is 4.98 Å². The van der Waals surface area contributed by atoms with Gasteiger partial charge in [-0.1, -0.05) is 50.2 Å². The Bertz CT molecular complexity index is 1010. The Labute approximate surface area is 152 Å². The molecule has 132 valence electrons. The highest BCUT2D eigenvalue weighted by molar-refractivity contribution is 5.57. The monoisotopic (exact) mass is 347 g/mol. The standard InChI is InChI=1S/C21H21N3O2/c1-13(2)11-24-12-23-21-19(20(24)22)18(14-6-4-3-5-7-14)16-9-8-15(25)10-17(16)26-21/h3-10,12-13,18,22,25H,11H2,1-2H3/t18-/m1/s1. The lowest BCUT2D eigenvalue weighted by molar-refractivity contribution is 0.407. The second-order valence-corrected chi connectivity index (χ2v) is 7.03. The van der Waals surface area contributed by atoms with Crippen LogP contribution in [-0.4, -0.2) is 14.7 Å². The van der Waals surface area contributed by atoms with E-state index in [0.717, 1.165) is 23.2 Å². The molecule has 0 bridgehead atoms. The maximum atomic E-state index is 9.85. The molecule has 3 aromatic rings. The fourth-order valence-corrected chi connectivity index (χ4v) is 3.48. The average Bonchev–Trinajstić information content (AvgIpc) is 2.62. The van der Waals surface area contributed by atoms with Gasteiger partial charge in [-0.15, -0.1) is 0 Å². The van der Waals surface area contributed by atoms with Crippen LogP contribution in [0.5, 0.6) is 17.4 Å². The van der Waals surface area contributed by atoms with Gasteiger partial charge in [0.2, 0.25) is 5.88 Å². The van der Waals surface area contributed by atoms with Crippen molar-refractivity contribution in [2.24, 2.45) is 5.92 Å². The normalized spacial score (nSPS) is 15.3. The third kappa shape index (κ3) is 2.75. The highest BCUT2D eigenvalue weighted by Crippen LogP contribution is 2.45. The van der Waals surface area contributed by atoms with Gasteiger partial charge in [0.05, 0.1) is 5.56 Å². The molecule has 1 aromatic heterocycles. The molecule has 5 heteroatoms. The summed E-state index contributed by atoms with van der Waals surface area (Å²) in [5, 5.41) is 18.6. The first-order valence-electron chi connectivity index (χ1n) is 8.74. The molecule has 26 heavy (non-hydrogen) atoms. The minimum absolute atomic E-state index is 0.149. The van der Waals surface area contributed by atoms with Crippen molar-refractivity contribution in [3.05, 3.63) is 77.0 Å². The molecular weight excluding hydrogens is 326 g/mol. The molecule has 1 aliphatic rings. The van der Waals surface area contributed by atoms with Crippen LogP contribution in [0.3, 0.4) is 0 Å². The van der Waals surface area contributed by atoms with E-state index >= 15 is 0 Å². The number of benzene rings is 2. The first kappa shape index (κ1) is 16.4. The van der Waals surface area contributed by atoms with Gasteiger partial charge in [0, 0.05) is 24.1 Å². The van der Waals surface area contributed by atoms with E-state index in [9.17, 15) is 5.11 Å². The number of aromatic hydroxyl groups is 1. The van der Waals surface area contributed by atoms with Gasteiger partial charge in [0.15, 0.2) is 0 Å². The highest BCUT2D eigenvalue weighted by Gasteiger charge is 2.32. The van der Waals surface area contributed by atoms with Crippen molar-refractivity contribution in [3.8, 4) is 17.4 Å². The molecule has 0 unspecified atom stereocenters. The van der Waals surface area contributed by atoms with Crippen molar-refractivity contribution in [1.82, 2.24) is 9.55 Å². The average molecular weight is 347 g/mol. The fourth-order valence-electron chi connectivity index (χ4n) is 3.48. The lowest BCUT2D eigenvalue weighted by Crippen LogP contribution is -2.30. The van der Waals surface area contributed by atoms with Crippen molar-refractivity contribution in [1.29, 1.82) is 5.41 Å². The van der Waals surface area contributed by atoms with E-state index in [1.807, 2.05) is 28.8 Å². The molecule has 1 atom stereocenters. The van der Waals surface area contributed by atoms with Crippen LogP contribution in [0.4, 0.5) is 0 Å². The number of phenolic OH excluding ortho intramolecular Hbond substituents is 1. The molecular formula is C21H21N3O2. The van der Waals surface area contributed by atoms with Crippen LogP contribution in [0.25, 0.3) is 0 Å². The Morgan fingerprint density at radius 2 is 1.96 bits per heavy atom. The zero-order chi connectivity index (χ0) is 18.3. The summed E-state index contributed by atoms with van der Waals surface area (Å²) in [7, 11) is 0. The third-order valence-electron chi connectivity index (χ3n) is 4.59. The predicted molar refractivity (Wildman–Crippen MR) is 98.5 cm³/mol. The summed E-state index contributed by atoms with van der Waals surface area (Å²) in [4.78, 5) is 4.48. The molecule has 1 aliphatic heterocycles. The largest absolute Gasteiger partial charge is 0.508 e. The van der Waals surface area contributed by atoms with Gasteiger partial charge in [-0.2, -0.15) is 0 Å². The molecule has 0 radical (unpaired) electrons. The minimum Gasteiger partial charge on any atom is -0.508 e. The number of phenols is 1. The zero-order valence-electron chi connectivity index (χ0n) is 14.8. The van der Waals surface area contributed by atoms with Gasteiger partial charge in [-0.05, 0) is 17.5 Å². The van der Waals surface area contributed by atoms with Crippen LogP contribution in [0.15, 0.2) is 54.9 Å². The smallest absolute Gasteiger partial charge is 0.228 e. The van der Waals surface area contributed by atoms with E-state index < -0.39 is 0 Å². The number of hydrogen-bond donors (Lipinski definition) is 2. The lowest BCUT2D eigenvalue weighted by Gasteiger charge is -2.28. The summed E-state index contributed by atoms with van der Waals surface area (Å²) in [5.41, 5.74) is 3.18. The van der Waals surface area contributed by atoms with E-state index in [0.29, 0.717) is 23.0 Å². The molecule has 5 nitrogen and oxygen atoms in total. The molecule has 0 spiro atoms. The maximum absolute atomic E-state index is 9.85. The van der Waals surface area contributed by atoms with Gasteiger partial charge in [0.1, 0.15) is 23.3 Å². The number of ether oxygens (including phenoxy) is 1. The molecule has 4 rings (SSSR count). The van der Waals surface area contributed by atoms with Crippen LogP contribution in [-0.2, 0) is 6.54 Å². The van der Waals surface area contributed by atoms with Crippen molar-refractivity contribution < 1.29 is 9.84 Å². The molecule has 0 fully saturated rings. The summed E-state index contributed by atoms with van der Waals surface area (Å²) in [6, 6.07) is 15.2. The minimum atomic E-state index is -0.157. The Morgan fingerprint density at radius 1 is 1.19 bits per heavy atom. The number of rotatable bonds is 3. The van der Waals surface area contributed by atoms with E-state index in [4.69, 9.17) is 10.1 Å². The SMILES string of the molecule is CC(C)Cn1cnc2c(c1=N)[C@H](c1ccccc1)c1ccc(O)cc1O2. The first-order chi connectivity index (χ1) is 12.5.